The summed E-state index contributed by atoms with van der Waals surface area (Å²) < 4.78 is 0.713. The van der Waals surface area contributed by atoms with Gasteiger partial charge in [-0.05, 0) is 35.6 Å². The molecule has 2 aromatic rings. The highest BCUT2D eigenvalue weighted by Crippen LogP contribution is 2.51. The Hall–Kier alpha value is -1.20. The molecule has 3 rings (SSSR count). The zero-order valence-corrected chi connectivity index (χ0v) is 12.1. The van der Waals surface area contributed by atoms with E-state index < -0.39 is 0 Å². The molecule has 0 aliphatic heterocycles. The highest BCUT2D eigenvalue weighted by atomic mass is 32.1. The fourth-order valence-electron chi connectivity index (χ4n) is 2.55. The van der Waals surface area contributed by atoms with Crippen LogP contribution < -0.4 is 10.9 Å². The summed E-state index contributed by atoms with van der Waals surface area (Å²) in [6, 6.07) is 1.90. The highest BCUT2D eigenvalue weighted by Gasteiger charge is 2.44. The quantitative estimate of drug-likeness (QED) is 0.883. The number of H-pyrrole nitrogens is 1. The summed E-state index contributed by atoms with van der Waals surface area (Å²) in [6.45, 7) is 6.21. The van der Waals surface area contributed by atoms with Gasteiger partial charge in [0.05, 0.1) is 12.1 Å². The third-order valence-electron chi connectivity index (χ3n) is 4.25. The minimum Gasteiger partial charge on any atom is -0.309 e. The second kappa shape index (κ2) is 4.72. The lowest BCUT2D eigenvalue weighted by Crippen LogP contribution is -2.28. The number of rotatable bonds is 5. The van der Waals surface area contributed by atoms with E-state index in [1.807, 2.05) is 11.4 Å². The van der Waals surface area contributed by atoms with Crippen LogP contribution in [0.1, 0.15) is 32.5 Å². The lowest BCUT2D eigenvalue weighted by molar-refractivity contribution is 0.336. The maximum Gasteiger partial charge on any atom is 0.268 e. The predicted molar refractivity (Wildman–Crippen MR) is 78.5 cm³/mol. The lowest BCUT2D eigenvalue weighted by atomic mass is 9.92. The molecule has 4 nitrogen and oxygen atoms in total. The molecule has 0 amide bonds. The summed E-state index contributed by atoms with van der Waals surface area (Å²) in [7, 11) is 0. The molecule has 0 bridgehead atoms. The second-order valence-corrected chi connectivity index (χ2v) is 6.68. The summed E-state index contributed by atoms with van der Waals surface area (Å²) in [5.74, 6) is 1.45. The van der Waals surface area contributed by atoms with Crippen molar-refractivity contribution in [2.45, 2.75) is 33.2 Å². The van der Waals surface area contributed by atoms with E-state index in [1.165, 1.54) is 24.2 Å². The monoisotopic (exact) mass is 277 g/mol. The first-order valence-corrected chi connectivity index (χ1v) is 7.66. The van der Waals surface area contributed by atoms with Crippen LogP contribution in [0.25, 0.3) is 10.2 Å². The van der Waals surface area contributed by atoms with Gasteiger partial charge in [0.25, 0.3) is 5.56 Å². The number of thiophene rings is 1. The molecule has 1 saturated carbocycles. The fourth-order valence-corrected chi connectivity index (χ4v) is 3.28. The number of aromatic amines is 1. The van der Waals surface area contributed by atoms with Gasteiger partial charge in [-0.2, -0.15) is 0 Å². The van der Waals surface area contributed by atoms with Crippen LogP contribution in [0.3, 0.4) is 0 Å². The van der Waals surface area contributed by atoms with Crippen molar-refractivity contribution in [3.8, 4) is 0 Å². The SMILES string of the molecule is CC(C)C1(CNCc2nc3ccsc3c(=O)[nH]2)CC1. The van der Waals surface area contributed by atoms with Gasteiger partial charge in [-0.1, -0.05) is 13.8 Å². The van der Waals surface area contributed by atoms with Crippen molar-refractivity contribution in [1.29, 1.82) is 0 Å². The number of hydrogen-bond donors (Lipinski definition) is 2. The van der Waals surface area contributed by atoms with Gasteiger partial charge in [0, 0.05) is 6.54 Å². The Kier molecular flexibility index (Phi) is 3.19. The van der Waals surface area contributed by atoms with Crippen molar-refractivity contribution in [2.75, 3.05) is 6.54 Å². The maximum atomic E-state index is 11.8. The van der Waals surface area contributed by atoms with Crippen molar-refractivity contribution in [1.82, 2.24) is 15.3 Å². The summed E-state index contributed by atoms with van der Waals surface area (Å²) in [4.78, 5) is 19.2. The van der Waals surface area contributed by atoms with E-state index in [4.69, 9.17) is 0 Å². The van der Waals surface area contributed by atoms with Crippen molar-refractivity contribution >= 4 is 21.6 Å². The number of aromatic nitrogens is 2. The smallest absolute Gasteiger partial charge is 0.268 e. The van der Waals surface area contributed by atoms with Crippen LogP contribution in [-0.2, 0) is 6.54 Å². The Balaban J connectivity index is 1.67. The molecule has 5 heteroatoms. The third kappa shape index (κ3) is 2.44. The Bertz CT molecular complexity index is 639. The van der Waals surface area contributed by atoms with E-state index in [1.54, 1.807) is 0 Å². The second-order valence-electron chi connectivity index (χ2n) is 5.77. The van der Waals surface area contributed by atoms with Gasteiger partial charge < -0.3 is 10.3 Å². The van der Waals surface area contributed by atoms with Gasteiger partial charge in [0.2, 0.25) is 0 Å². The van der Waals surface area contributed by atoms with Crippen LogP contribution in [0.15, 0.2) is 16.2 Å². The summed E-state index contributed by atoms with van der Waals surface area (Å²) in [5.41, 5.74) is 1.25. The van der Waals surface area contributed by atoms with Gasteiger partial charge in [-0.3, -0.25) is 4.79 Å². The van der Waals surface area contributed by atoms with Gasteiger partial charge in [-0.15, -0.1) is 11.3 Å². The molecule has 2 N–H and O–H groups in total. The fraction of sp³-hybridized carbons (Fsp3) is 0.571. The van der Waals surface area contributed by atoms with Crippen LogP contribution in [0.5, 0.6) is 0 Å². The minimum atomic E-state index is -0.0261. The van der Waals surface area contributed by atoms with Crippen LogP contribution >= 0.6 is 11.3 Å². The molecular formula is C14H19N3OS. The van der Waals surface area contributed by atoms with Gasteiger partial charge in [0.15, 0.2) is 0 Å². The molecule has 0 spiro atoms. The molecule has 2 heterocycles. The van der Waals surface area contributed by atoms with Gasteiger partial charge >= 0.3 is 0 Å². The molecule has 102 valence electrons. The van der Waals surface area contributed by atoms with E-state index >= 15 is 0 Å². The minimum absolute atomic E-state index is 0.0261. The molecule has 0 saturated heterocycles. The van der Waals surface area contributed by atoms with Crippen LogP contribution in [0.2, 0.25) is 0 Å². The van der Waals surface area contributed by atoms with Crippen molar-refractivity contribution in [3.63, 3.8) is 0 Å². The van der Waals surface area contributed by atoms with Crippen molar-refractivity contribution in [2.24, 2.45) is 11.3 Å². The van der Waals surface area contributed by atoms with Crippen LogP contribution in [-0.4, -0.2) is 16.5 Å². The normalized spacial score (nSPS) is 17.2. The molecule has 1 aliphatic carbocycles. The van der Waals surface area contributed by atoms with E-state index in [-0.39, 0.29) is 5.56 Å². The molecule has 2 aromatic heterocycles. The Morgan fingerprint density at radius 1 is 1.53 bits per heavy atom. The number of hydrogen-bond acceptors (Lipinski definition) is 4. The van der Waals surface area contributed by atoms with Crippen molar-refractivity contribution < 1.29 is 0 Å². The number of fused-ring (bicyclic) bond motifs is 1. The first-order chi connectivity index (χ1) is 9.11. The maximum absolute atomic E-state index is 11.8. The predicted octanol–water partition coefficient (Wildman–Crippen LogP) is 2.51. The topological polar surface area (TPSA) is 57.8 Å². The highest BCUT2D eigenvalue weighted by molar-refractivity contribution is 7.17. The zero-order valence-electron chi connectivity index (χ0n) is 11.3. The molecule has 0 aromatic carbocycles. The van der Waals surface area contributed by atoms with Gasteiger partial charge in [0.1, 0.15) is 10.5 Å². The summed E-state index contributed by atoms with van der Waals surface area (Å²) in [5, 5.41) is 5.35. The van der Waals surface area contributed by atoms with Gasteiger partial charge in [-0.25, -0.2) is 4.98 Å². The zero-order chi connectivity index (χ0) is 13.5. The molecule has 19 heavy (non-hydrogen) atoms. The molecule has 0 unspecified atom stereocenters. The van der Waals surface area contributed by atoms with Crippen LogP contribution in [0, 0.1) is 11.3 Å². The summed E-state index contributed by atoms with van der Waals surface area (Å²) in [6.07, 6.45) is 2.62. The van der Waals surface area contributed by atoms with Crippen LogP contribution in [0.4, 0.5) is 0 Å². The first kappa shape index (κ1) is 12.8. The van der Waals surface area contributed by atoms with E-state index in [2.05, 4.69) is 29.1 Å². The lowest BCUT2D eigenvalue weighted by Gasteiger charge is -2.19. The molecule has 1 fully saturated rings. The van der Waals surface area contributed by atoms with E-state index in [0.29, 0.717) is 22.6 Å². The largest absolute Gasteiger partial charge is 0.309 e. The third-order valence-corrected chi connectivity index (χ3v) is 5.15. The van der Waals surface area contributed by atoms with E-state index in [9.17, 15) is 4.79 Å². The Labute approximate surface area is 116 Å². The molecule has 1 aliphatic rings. The molecule has 0 radical (unpaired) electrons. The Morgan fingerprint density at radius 3 is 3.00 bits per heavy atom. The average Bonchev–Trinajstić information content (AvgIpc) is 2.99. The number of nitrogens with one attached hydrogen (secondary N) is 2. The average molecular weight is 277 g/mol. The first-order valence-electron chi connectivity index (χ1n) is 6.78. The van der Waals surface area contributed by atoms with E-state index in [0.717, 1.165) is 17.9 Å². The molecular weight excluding hydrogens is 258 g/mol. The standard InChI is InChI=1S/C14H19N3OS/c1-9(2)14(4-5-14)8-15-7-11-16-10-3-6-19-12(10)13(18)17-11/h3,6,9,15H,4-5,7-8H2,1-2H3,(H,16,17,18). The Morgan fingerprint density at radius 2 is 2.32 bits per heavy atom. The van der Waals surface area contributed by atoms with Crippen molar-refractivity contribution in [3.05, 3.63) is 27.6 Å². The number of nitrogens with zero attached hydrogens (tertiary/aromatic N) is 1. The molecule has 0 atom stereocenters. The summed E-state index contributed by atoms with van der Waals surface area (Å²) >= 11 is 1.44.